The van der Waals surface area contributed by atoms with E-state index in [2.05, 4.69) is 24.5 Å². The summed E-state index contributed by atoms with van der Waals surface area (Å²) in [6.45, 7) is 4.43. The van der Waals surface area contributed by atoms with Crippen molar-refractivity contribution in [3.8, 4) is 5.75 Å². The van der Waals surface area contributed by atoms with E-state index in [1.54, 1.807) is 12.1 Å². The molecular weight excluding hydrogens is 358 g/mol. The number of hydrogen-bond donors (Lipinski definition) is 2. The zero-order chi connectivity index (χ0) is 19.9. The van der Waals surface area contributed by atoms with Crippen LogP contribution in [0.15, 0.2) is 24.3 Å². The summed E-state index contributed by atoms with van der Waals surface area (Å²) >= 11 is 0. The first-order valence-corrected chi connectivity index (χ1v) is 10.1. The van der Waals surface area contributed by atoms with Crippen LogP contribution in [0.4, 0.5) is 4.79 Å². The molecule has 4 atom stereocenters. The van der Waals surface area contributed by atoms with Crippen LogP contribution in [0, 0.1) is 11.8 Å². The average molecular weight is 385 g/mol. The molecule has 1 aliphatic carbocycles. The van der Waals surface area contributed by atoms with Gasteiger partial charge in [0, 0.05) is 18.0 Å². The molecule has 0 radical (unpaired) electrons. The lowest BCUT2D eigenvalue weighted by atomic mass is 9.78. The molecule has 1 aromatic carbocycles. The molecule has 28 heavy (non-hydrogen) atoms. The van der Waals surface area contributed by atoms with Crippen molar-refractivity contribution in [3.63, 3.8) is 0 Å². The highest BCUT2D eigenvalue weighted by atomic mass is 16.5. The van der Waals surface area contributed by atoms with Crippen LogP contribution in [0.1, 0.15) is 45.1 Å². The van der Waals surface area contributed by atoms with E-state index >= 15 is 0 Å². The van der Waals surface area contributed by atoms with Gasteiger partial charge < -0.3 is 15.4 Å². The number of urea groups is 1. The molecule has 2 heterocycles. The predicted octanol–water partition coefficient (Wildman–Crippen LogP) is 2.16. The fraction of sp³-hybridized carbons (Fsp3) is 0.571. The molecule has 1 aromatic rings. The molecule has 2 fully saturated rings. The number of carbonyl (C=O) groups is 3. The second-order valence-electron chi connectivity index (χ2n) is 8.26. The number of nitrogens with one attached hydrogen (secondary N) is 2. The van der Waals surface area contributed by atoms with Crippen LogP contribution in [0.25, 0.3) is 0 Å². The van der Waals surface area contributed by atoms with E-state index < -0.39 is 11.6 Å². The monoisotopic (exact) mass is 385 g/mol. The molecule has 4 rings (SSSR count). The number of hydrogen-bond acceptors (Lipinski definition) is 4. The van der Waals surface area contributed by atoms with Gasteiger partial charge in [0.05, 0.1) is 6.61 Å². The summed E-state index contributed by atoms with van der Waals surface area (Å²) in [7, 11) is 0. The molecule has 1 saturated heterocycles. The van der Waals surface area contributed by atoms with Crippen LogP contribution in [0.3, 0.4) is 0 Å². The van der Waals surface area contributed by atoms with Crippen molar-refractivity contribution >= 4 is 17.8 Å². The minimum Gasteiger partial charge on any atom is -0.493 e. The number of imide groups is 1. The Morgan fingerprint density at radius 2 is 2.07 bits per heavy atom. The van der Waals surface area contributed by atoms with E-state index in [0.717, 1.165) is 17.7 Å². The largest absolute Gasteiger partial charge is 0.493 e. The van der Waals surface area contributed by atoms with Crippen molar-refractivity contribution in [2.45, 2.75) is 51.1 Å². The molecule has 1 saturated carbocycles. The first-order chi connectivity index (χ1) is 13.4. The van der Waals surface area contributed by atoms with Gasteiger partial charge in [0.15, 0.2) is 5.54 Å². The van der Waals surface area contributed by atoms with Crippen molar-refractivity contribution in [3.05, 3.63) is 29.8 Å². The third-order valence-corrected chi connectivity index (χ3v) is 6.61. The summed E-state index contributed by atoms with van der Waals surface area (Å²) in [4.78, 5) is 39.4. The van der Waals surface area contributed by atoms with Crippen molar-refractivity contribution in [1.29, 1.82) is 0 Å². The summed E-state index contributed by atoms with van der Waals surface area (Å²) in [6.07, 6.45) is 3.54. The Kier molecular flexibility index (Phi) is 4.77. The lowest BCUT2D eigenvalue weighted by Gasteiger charge is -2.35. The van der Waals surface area contributed by atoms with Crippen molar-refractivity contribution in [2.24, 2.45) is 11.8 Å². The van der Waals surface area contributed by atoms with Gasteiger partial charge in [-0.3, -0.25) is 14.5 Å². The maximum atomic E-state index is 13.2. The van der Waals surface area contributed by atoms with E-state index in [1.807, 2.05) is 12.1 Å². The lowest BCUT2D eigenvalue weighted by Crippen LogP contribution is -2.50. The Labute approximate surface area is 164 Å². The van der Waals surface area contributed by atoms with Gasteiger partial charge in [-0.25, -0.2) is 4.79 Å². The lowest BCUT2D eigenvalue weighted by molar-refractivity contribution is -0.136. The highest BCUT2D eigenvalue weighted by molar-refractivity contribution is 6.09. The molecule has 2 N–H and O–H groups in total. The van der Waals surface area contributed by atoms with E-state index in [0.29, 0.717) is 36.2 Å². The molecule has 2 aliphatic heterocycles. The van der Waals surface area contributed by atoms with Crippen LogP contribution < -0.4 is 15.4 Å². The SMILES string of the molecule is C[C@@H]1[C@@H](C)CCC[C@H]1NC(=O)CN1C(=O)N[C@]2(CCOc3ccccc32)C1=O. The van der Waals surface area contributed by atoms with Crippen LogP contribution in [0.5, 0.6) is 5.75 Å². The van der Waals surface area contributed by atoms with Gasteiger partial charge in [0.2, 0.25) is 5.91 Å². The zero-order valence-corrected chi connectivity index (χ0v) is 16.4. The van der Waals surface area contributed by atoms with Crippen LogP contribution in [0.2, 0.25) is 0 Å². The van der Waals surface area contributed by atoms with Crippen LogP contribution in [-0.4, -0.2) is 41.9 Å². The Morgan fingerprint density at radius 1 is 1.29 bits per heavy atom. The molecule has 3 aliphatic rings. The van der Waals surface area contributed by atoms with E-state index in [1.165, 1.54) is 6.42 Å². The van der Waals surface area contributed by atoms with E-state index in [-0.39, 0.29) is 24.4 Å². The number of rotatable bonds is 3. The normalized spacial score (nSPS) is 31.9. The maximum absolute atomic E-state index is 13.2. The second-order valence-corrected chi connectivity index (χ2v) is 8.26. The van der Waals surface area contributed by atoms with E-state index in [4.69, 9.17) is 4.74 Å². The number of fused-ring (bicyclic) bond motifs is 2. The summed E-state index contributed by atoms with van der Waals surface area (Å²) in [6, 6.07) is 6.79. The number of ether oxygens (including phenoxy) is 1. The number of para-hydroxylation sites is 1. The highest BCUT2D eigenvalue weighted by Crippen LogP contribution is 2.40. The second kappa shape index (κ2) is 7.11. The quantitative estimate of drug-likeness (QED) is 0.781. The standard InChI is InChI=1S/C21H27N3O4/c1-13-6-5-8-16(14(13)2)22-18(25)12-24-19(26)21(23-20(24)27)10-11-28-17-9-4-3-7-15(17)21/h3-4,7,9,13-14,16H,5-6,8,10-12H2,1-2H3,(H,22,25)(H,23,27)/t13-,14+,16+,21-/m0/s1. The topological polar surface area (TPSA) is 87.7 Å². The third-order valence-electron chi connectivity index (χ3n) is 6.61. The summed E-state index contributed by atoms with van der Waals surface area (Å²) in [5.74, 6) is 0.867. The molecule has 0 unspecified atom stereocenters. The fourth-order valence-corrected chi connectivity index (χ4v) is 4.70. The minimum absolute atomic E-state index is 0.0924. The van der Waals surface area contributed by atoms with Crippen molar-refractivity contribution < 1.29 is 19.1 Å². The molecule has 1 spiro atoms. The highest BCUT2D eigenvalue weighted by Gasteiger charge is 2.55. The molecule has 4 amide bonds. The number of nitrogens with zero attached hydrogens (tertiary/aromatic N) is 1. The predicted molar refractivity (Wildman–Crippen MR) is 103 cm³/mol. The van der Waals surface area contributed by atoms with Gasteiger partial charge in [-0.05, 0) is 24.3 Å². The smallest absolute Gasteiger partial charge is 0.325 e. The van der Waals surface area contributed by atoms with Crippen molar-refractivity contribution in [1.82, 2.24) is 15.5 Å². The van der Waals surface area contributed by atoms with Crippen molar-refractivity contribution in [2.75, 3.05) is 13.2 Å². The Bertz CT molecular complexity index is 811. The Balaban J connectivity index is 1.49. The first-order valence-electron chi connectivity index (χ1n) is 10.1. The third kappa shape index (κ3) is 3.02. The molecule has 7 nitrogen and oxygen atoms in total. The number of benzene rings is 1. The average Bonchev–Trinajstić information content (AvgIpc) is 2.91. The van der Waals surface area contributed by atoms with Gasteiger partial charge in [-0.1, -0.05) is 44.9 Å². The fourth-order valence-electron chi connectivity index (χ4n) is 4.70. The Morgan fingerprint density at radius 3 is 2.89 bits per heavy atom. The van der Waals surface area contributed by atoms with Gasteiger partial charge in [-0.15, -0.1) is 0 Å². The number of amides is 4. The summed E-state index contributed by atoms with van der Waals surface area (Å²) in [5, 5.41) is 5.87. The molecule has 0 bridgehead atoms. The molecule has 0 aromatic heterocycles. The van der Waals surface area contributed by atoms with E-state index in [9.17, 15) is 14.4 Å². The number of carbonyl (C=O) groups excluding carboxylic acids is 3. The molecule has 150 valence electrons. The van der Waals surface area contributed by atoms with Gasteiger partial charge in [0.25, 0.3) is 5.91 Å². The minimum atomic E-state index is -1.14. The van der Waals surface area contributed by atoms with Crippen LogP contribution >= 0.6 is 0 Å². The first kappa shape index (κ1) is 18.8. The van der Waals surface area contributed by atoms with Gasteiger partial charge >= 0.3 is 6.03 Å². The summed E-state index contributed by atoms with van der Waals surface area (Å²) in [5.41, 5.74) is -0.490. The maximum Gasteiger partial charge on any atom is 0.325 e. The molecular formula is C21H27N3O4. The van der Waals surface area contributed by atoms with Gasteiger partial charge in [-0.2, -0.15) is 0 Å². The molecule has 7 heteroatoms. The van der Waals surface area contributed by atoms with Crippen LogP contribution in [-0.2, 0) is 15.1 Å². The van der Waals surface area contributed by atoms with Gasteiger partial charge in [0.1, 0.15) is 12.3 Å². The summed E-state index contributed by atoms with van der Waals surface area (Å²) < 4.78 is 5.63. The zero-order valence-electron chi connectivity index (χ0n) is 16.4. The Hall–Kier alpha value is -2.57.